The van der Waals surface area contributed by atoms with Crippen molar-refractivity contribution in [2.24, 2.45) is 0 Å². The van der Waals surface area contributed by atoms with E-state index in [0.717, 1.165) is 9.87 Å². The van der Waals surface area contributed by atoms with Gasteiger partial charge >= 0.3 is 0 Å². The van der Waals surface area contributed by atoms with Gasteiger partial charge in [0.05, 0.1) is 6.61 Å². The number of ether oxygens (including phenoxy) is 1. The Morgan fingerprint density at radius 2 is 1.85 bits per heavy atom. The Bertz CT molecular complexity index is 891. The summed E-state index contributed by atoms with van der Waals surface area (Å²) < 4.78 is 31.5. The van der Waals surface area contributed by atoms with Gasteiger partial charge < -0.3 is 10.1 Å². The van der Waals surface area contributed by atoms with E-state index in [1.165, 1.54) is 32.3 Å². The zero-order chi connectivity index (χ0) is 19.2. The van der Waals surface area contributed by atoms with Crippen LogP contribution in [0.4, 0.5) is 5.69 Å². The standard InChI is InChI=1S/C19H22N2O4S/c1-4-25-17-12-11-16(14-18(17)26(23,24)21(2)3)20-19(22)13-10-15-8-6-5-7-9-15/h5-14H,4H2,1-3H3,(H,20,22)/b13-10+. The Balaban J connectivity index is 2.25. The van der Waals surface area contributed by atoms with E-state index in [2.05, 4.69) is 5.32 Å². The Morgan fingerprint density at radius 3 is 2.46 bits per heavy atom. The topological polar surface area (TPSA) is 75.7 Å². The predicted molar refractivity (Wildman–Crippen MR) is 103 cm³/mol. The van der Waals surface area contributed by atoms with E-state index >= 15 is 0 Å². The fraction of sp³-hybridized carbons (Fsp3) is 0.211. The van der Waals surface area contributed by atoms with Crippen LogP contribution in [0.1, 0.15) is 12.5 Å². The van der Waals surface area contributed by atoms with Gasteiger partial charge in [-0.15, -0.1) is 0 Å². The molecular formula is C19H22N2O4S. The molecule has 0 atom stereocenters. The number of rotatable bonds is 7. The predicted octanol–water partition coefficient (Wildman–Crippen LogP) is 2.99. The molecule has 1 amide bonds. The van der Waals surface area contributed by atoms with Gasteiger partial charge in [0.15, 0.2) is 0 Å². The lowest BCUT2D eigenvalue weighted by Gasteiger charge is -2.16. The van der Waals surface area contributed by atoms with Gasteiger partial charge in [-0.25, -0.2) is 12.7 Å². The summed E-state index contributed by atoms with van der Waals surface area (Å²) in [5, 5.41) is 2.67. The molecule has 0 spiro atoms. The minimum Gasteiger partial charge on any atom is -0.492 e. The first-order chi connectivity index (χ1) is 12.3. The summed E-state index contributed by atoms with van der Waals surface area (Å²) in [5.41, 5.74) is 1.27. The van der Waals surface area contributed by atoms with Crippen LogP contribution < -0.4 is 10.1 Å². The molecule has 0 aliphatic rings. The maximum Gasteiger partial charge on any atom is 0.248 e. The van der Waals surface area contributed by atoms with Crippen molar-refractivity contribution in [3.05, 3.63) is 60.2 Å². The molecule has 0 aromatic heterocycles. The maximum atomic E-state index is 12.5. The van der Waals surface area contributed by atoms with E-state index in [0.29, 0.717) is 12.3 Å². The second kappa shape index (κ2) is 8.64. The van der Waals surface area contributed by atoms with E-state index in [1.54, 1.807) is 19.1 Å². The third kappa shape index (κ3) is 4.93. The molecule has 2 aromatic rings. The summed E-state index contributed by atoms with van der Waals surface area (Å²) in [7, 11) is -0.818. The van der Waals surface area contributed by atoms with Gasteiger partial charge in [-0.05, 0) is 36.8 Å². The van der Waals surface area contributed by atoms with Gasteiger partial charge in [0.2, 0.25) is 15.9 Å². The van der Waals surface area contributed by atoms with Crippen LogP contribution in [0, 0.1) is 0 Å². The zero-order valence-electron chi connectivity index (χ0n) is 15.0. The first kappa shape index (κ1) is 19.7. The molecular weight excluding hydrogens is 352 g/mol. The van der Waals surface area contributed by atoms with Gasteiger partial charge in [-0.1, -0.05) is 30.3 Å². The van der Waals surface area contributed by atoms with Gasteiger partial charge in [0.1, 0.15) is 10.6 Å². The number of amides is 1. The highest BCUT2D eigenvalue weighted by Crippen LogP contribution is 2.29. The first-order valence-electron chi connectivity index (χ1n) is 8.08. The van der Waals surface area contributed by atoms with Crippen molar-refractivity contribution in [2.75, 3.05) is 26.0 Å². The summed E-state index contributed by atoms with van der Waals surface area (Å²) in [6.45, 7) is 2.11. The Labute approximate surface area is 154 Å². The molecule has 0 radical (unpaired) electrons. The monoisotopic (exact) mass is 374 g/mol. The molecule has 0 aliphatic heterocycles. The van der Waals surface area contributed by atoms with Crippen LogP contribution in [0.2, 0.25) is 0 Å². The van der Waals surface area contributed by atoms with E-state index in [1.807, 2.05) is 30.3 Å². The SMILES string of the molecule is CCOc1ccc(NC(=O)/C=C/c2ccccc2)cc1S(=O)(=O)N(C)C. The van der Waals surface area contributed by atoms with Gasteiger partial charge in [-0.2, -0.15) is 0 Å². The molecule has 7 heteroatoms. The number of carbonyl (C=O) groups excluding carboxylic acids is 1. The lowest BCUT2D eigenvalue weighted by Crippen LogP contribution is -2.23. The van der Waals surface area contributed by atoms with E-state index in [4.69, 9.17) is 4.74 Å². The normalized spacial score (nSPS) is 11.7. The lowest BCUT2D eigenvalue weighted by atomic mass is 10.2. The molecule has 6 nitrogen and oxygen atoms in total. The smallest absolute Gasteiger partial charge is 0.248 e. The molecule has 0 aliphatic carbocycles. The van der Waals surface area contributed by atoms with Crippen molar-refractivity contribution in [1.82, 2.24) is 4.31 Å². The summed E-state index contributed by atoms with van der Waals surface area (Å²) in [4.78, 5) is 12.1. The maximum absolute atomic E-state index is 12.5. The number of benzene rings is 2. The second-order valence-electron chi connectivity index (χ2n) is 5.62. The number of carbonyl (C=O) groups is 1. The quantitative estimate of drug-likeness (QED) is 0.756. The summed E-state index contributed by atoms with van der Waals surface area (Å²) in [5.74, 6) is -0.106. The summed E-state index contributed by atoms with van der Waals surface area (Å²) >= 11 is 0. The van der Waals surface area contributed by atoms with Crippen molar-refractivity contribution < 1.29 is 17.9 Å². The van der Waals surface area contributed by atoms with Crippen LogP contribution >= 0.6 is 0 Å². The molecule has 0 unspecified atom stereocenters. The minimum atomic E-state index is -3.70. The third-order valence-corrected chi connectivity index (χ3v) is 5.33. The molecule has 2 aromatic carbocycles. The van der Waals surface area contributed by atoms with Crippen LogP contribution in [0.15, 0.2) is 59.5 Å². The van der Waals surface area contributed by atoms with E-state index in [9.17, 15) is 13.2 Å². The lowest BCUT2D eigenvalue weighted by molar-refractivity contribution is -0.111. The molecule has 0 saturated heterocycles. The number of nitrogens with one attached hydrogen (secondary N) is 1. The Kier molecular flexibility index (Phi) is 6.54. The Hall–Kier alpha value is -2.64. The molecule has 138 valence electrons. The number of hydrogen-bond acceptors (Lipinski definition) is 4. The molecule has 0 fully saturated rings. The Morgan fingerprint density at radius 1 is 1.15 bits per heavy atom. The fourth-order valence-corrected chi connectivity index (χ4v) is 3.23. The average molecular weight is 374 g/mol. The minimum absolute atomic E-state index is 0.00851. The van der Waals surface area contributed by atoms with Crippen LogP contribution in [-0.4, -0.2) is 39.3 Å². The van der Waals surface area contributed by atoms with Crippen LogP contribution in [0.5, 0.6) is 5.75 Å². The van der Waals surface area contributed by atoms with Gasteiger partial charge in [0, 0.05) is 25.9 Å². The molecule has 2 rings (SSSR count). The zero-order valence-corrected chi connectivity index (χ0v) is 15.8. The molecule has 1 N–H and O–H groups in total. The fourth-order valence-electron chi connectivity index (χ4n) is 2.18. The average Bonchev–Trinajstić information content (AvgIpc) is 2.62. The van der Waals surface area contributed by atoms with Crippen molar-refractivity contribution in [3.8, 4) is 5.75 Å². The molecule has 0 heterocycles. The van der Waals surface area contributed by atoms with Crippen molar-refractivity contribution >= 4 is 27.7 Å². The number of anilines is 1. The first-order valence-corrected chi connectivity index (χ1v) is 9.52. The number of nitrogens with zero attached hydrogens (tertiary/aromatic N) is 1. The highest BCUT2D eigenvalue weighted by atomic mass is 32.2. The van der Waals surface area contributed by atoms with Crippen LogP contribution in [0.3, 0.4) is 0 Å². The third-order valence-electron chi connectivity index (χ3n) is 3.50. The van der Waals surface area contributed by atoms with Crippen molar-refractivity contribution in [3.63, 3.8) is 0 Å². The molecule has 0 saturated carbocycles. The van der Waals surface area contributed by atoms with Crippen molar-refractivity contribution in [1.29, 1.82) is 0 Å². The highest BCUT2D eigenvalue weighted by molar-refractivity contribution is 7.89. The number of sulfonamides is 1. The highest BCUT2D eigenvalue weighted by Gasteiger charge is 2.23. The van der Waals surface area contributed by atoms with Gasteiger partial charge in [0.25, 0.3) is 0 Å². The van der Waals surface area contributed by atoms with E-state index < -0.39 is 10.0 Å². The number of hydrogen-bond donors (Lipinski definition) is 1. The van der Waals surface area contributed by atoms with Crippen molar-refractivity contribution in [2.45, 2.75) is 11.8 Å². The van der Waals surface area contributed by atoms with E-state index in [-0.39, 0.29) is 16.6 Å². The second-order valence-corrected chi connectivity index (χ2v) is 7.74. The molecule has 26 heavy (non-hydrogen) atoms. The largest absolute Gasteiger partial charge is 0.492 e. The van der Waals surface area contributed by atoms with Crippen LogP contribution in [0.25, 0.3) is 6.08 Å². The van der Waals surface area contributed by atoms with Crippen LogP contribution in [-0.2, 0) is 14.8 Å². The molecule has 0 bridgehead atoms. The van der Waals surface area contributed by atoms with Gasteiger partial charge in [-0.3, -0.25) is 4.79 Å². The summed E-state index contributed by atoms with van der Waals surface area (Å²) in [6.07, 6.45) is 3.08. The summed E-state index contributed by atoms with van der Waals surface area (Å²) in [6, 6.07) is 13.9.